The zero-order valence-electron chi connectivity index (χ0n) is 12.5. The van der Waals surface area contributed by atoms with Crippen molar-refractivity contribution in [1.29, 1.82) is 0 Å². The first kappa shape index (κ1) is 14.3. The summed E-state index contributed by atoms with van der Waals surface area (Å²) in [6, 6.07) is 1.36. The minimum absolute atomic E-state index is 0.103. The Kier molecular flexibility index (Phi) is 4.80. The van der Waals surface area contributed by atoms with Crippen LogP contribution in [0.25, 0.3) is 0 Å². The van der Waals surface area contributed by atoms with Crippen molar-refractivity contribution in [3.05, 3.63) is 5.89 Å². The summed E-state index contributed by atoms with van der Waals surface area (Å²) in [6.45, 7) is 7.48. The standard InChI is InChI=1S/C14H26N4O/c1-10(2)9-18(12-7-5-6-8-12)14-17-16-13(19-14)11(3)15-4/h10-12,15H,5-9H2,1-4H3. The topological polar surface area (TPSA) is 54.2 Å². The van der Waals surface area contributed by atoms with Crippen LogP contribution in [0.1, 0.15) is 58.4 Å². The smallest absolute Gasteiger partial charge is 0.318 e. The Balaban J connectivity index is 2.14. The summed E-state index contributed by atoms with van der Waals surface area (Å²) in [4.78, 5) is 2.32. The van der Waals surface area contributed by atoms with Gasteiger partial charge in [0.2, 0.25) is 5.89 Å². The molecule has 0 aliphatic heterocycles. The van der Waals surface area contributed by atoms with Gasteiger partial charge in [-0.05, 0) is 32.7 Å². The van der Waals surface area contributed by atoms with Crippen LogP contribution in [-0.2, 0) is 0 Å². The first-order chi connectivity index (χ1) is 9.11. The van der Waals surface area contributed by atoms with Crippen LogP contribution in [0.15, 0.2) is 4.42 Å². The van der Waals surface area contributed by atoms with E-state index >= 15 is 0 Å². The van der Waals surface area contributed by atoms with Gasteiger partial charge in [-0.3, -0.25) is 0 Å². The lowest BCUT2D eigenvalue weighted by atomic mass is 10.1. The third-order valence-electron chi connectivity index (χ3n) is 3.81. The van der Waals surface area contributed by atoms with Crippen molar-refractivity contribution >= 4 is 6.01 Å². The molecule has 1 aromatic rings. The molecule has 0 bridgehead atoms. The molecule has 1 aliphatic carbocycles. The first-order valence-corrected chi connectivity index (χ1v) is 7.39. The van der Waals surface area contributed by atoms with E-state index in [1.54, 1.807) is 0 Å². The average molecular weight is 266 g/mol. The molecule has 1 aromatic heterocycles. The predicted octanol–water partition coefficient (Wildman–Crippen LogP) is 2.76. The number of aromatic nitrogens is 2. The number of hydrogen-bond acceptors (Lipinski definition) is 5. The fraction of sp³-hybridized carbons (Fsp3) is 0.857. The Labute approximate surface area is 115 Å². The van der Waals surface area contributed by atoms with Crippen LogP contribution in [0, 0.1) is 5.92 Å². The maximum absolute atomic E-state index is 5.85. The van der Waals surface area contributed by atoms with Crippen LogP contribution < -0.4 is 10.2 Å². The van der Waals surface area contributed by atoms with Crippen LogP contribution in [0.4, 0.5) is 6.01 Å². The van der Waals surface area contributed by atoms with E-state index in [0.717, 1.165) is 6.54 Å². The summed E-state index contributed by atoms with van der Waals surface area (Å²) in [5.41, 5.74) is 0. The van der Waals surface area contributed by atoms with Crippen LogP contribution in [0.3, 0.4) is 0 Å². The van der Waals surface area contributed by atoms with Crippen molar-refractivity contribution in [1.82, 2.24) is 15.5 Å². The molecule has 108 valence electrons. The van der Waals surface area contributed by atoms with Gasteiger partial charge in [0.05, 0.1) is 6.04 Å². The second-order valence-corrected chi connectivity index (χ2v) is 5.92. The Hall–Kier alpha value is -1.10. The lowest BCUT2D eigenvalue weighted by molar-refractivity contribution is 0.409. The largest absolute Gasteiger partial charge is 0.406 e. The van der Waals surface area contributed by atoms with Gasteiger partial charge in [0.25, 0.3) is 0 Å². The predicted molar refractivity (Wildman–Crippen MR) is 76.2 cm³/mol. The molecule has 1 fully saturated rings. The van der Waals surface area contributed by atoms with E-state index in [4.69, 9.17) is 4.42 Å². The molecule has 1 heterocycles. The lowest BCUT2D eigenvalue weighted by Crippen LogP contribution is -2.36. The molecule has 1 unspecified atom stereocenters. The molecule has 0 radical (unpaired) electrons. The molecule has 5 heteroatoms. The Morgan fingerprint density at radius 3 is 2.53 bits per heavy atom. The summed E-state index contributed by atoms with van der Waals surface area (Å²) >= 11 is 0. The van der Waals surface area contributed by atoms with Gasteiger partial charge in [0, 0.05) is 12.6 Å². The third kappa shape index (κ3) is 3.47. The van der Waals surface area contributed by atoms with Crippen molar-refractivity contribution in [3.63, 3.8) is 0 Å². The minimum Gasteiger partial charge on any atom is -0.406 e. The summed E-state index contributed by atoms with van der Waals surface area (Å²) in [5.74, 6) is 1.27. The van der Waals surface area contributed by atoms with E-state index in [1.165, 1.54) is 25.7 Å². The van der Waals surface area contributed by atoms with E-state index in [9.17, 15) is 0 Å². The molecule has 0 amide bonds. The van der Waals surface area contributed by atoms with Gasteiger partial charge < -0.3 is 14.6 Å². The summed E-state index contributed by atoms with van der Waals surface area (Å²) < 4.78 is 5.85. The molecular formula is C14H26N4O. The van der Waals surface area contributed by atoms with Crippen molar-refractivity contribution < 1.29 is 4.42 Å². The van der Waals surface area contributed by atoms with Crippen LogP contribution >= 0.6 is 0 Å². The van der Waals surface area contributed by atoms with E-state index in [1.807, 2.05) is 14.0 Å². The minimum atomic E-state index is 0.103. The van der Waals surface area contributed by atoms with E-state index in [-0.39, 0.29) is 6.04 Å². The molecule has 2 rings (SSSR count). The Morgan fingerprint density at radius 1 is 1.26 bits per heavy atom. The molecule has 1 saturated carbocycles. The highest BCUT2D eigenvalue weighted by molar-refractivity contribution is 5.27. The van der Waals surface area contributed by atoms with Crippen LogP contribution in [0.5, 0.6) is 0 Å². The number of rotatable bonds is 6. The second kappa shape index (κ2) is 6.37. The van der Waals surface area contributed by atoms with Crippen molar-refractivity contribution in [2.24, 2.45) is 5.92 Å². The van der Waals surface area contributed by atoms with Gasteiger partial charge in [-0.15, -0.1) is 5.10 Å². The molecule has 19 heavy (non-hydrogen) atoms. The van der Waals surface area contributed by atoms with Gasteiger partial charge >= 0.3 is 6.01 Å². The van der Waals surface area contributed by atoms with E-state index < -0.39 is 0 Å². The summed E-state index contributed by atoms with van der Waals surface area (Å²) in [6.07, 6.45) is 5.11. The van der Waals surface area contributed by atoms with E-state index in [0.29, 0.717) is 23.9 Å². The third-order valence-corrected chi connectivity index (χ3v) is 3.81. The van der Waals surface area contributed by atoms with E-state index in [2.05, 4.69) is 34.3 Å². The van der Waals surface area contributed by atoms with Gasteiger partial charge in [-0.1, -0.05) is 31.8 Å². The molecule has 0 aromatic carbocycles. The molecule has 0 spiro atoms. The van der Waals surface area contributed by atoms with Gasteiger partial charge in [-0.2, -0.15) is 0 Å². The summed E-state index contributed by atoms with van der Waals surface area (Å²) in [7, 11) is 1.90. The molecule has 5 nitrogen and oxygen atoms in total. The number of nitrogens with zero attached hydrogens (tertiary/aromatic N) is 3. The maximum Gasteiger partial charge on any atom is 0.318 e. The zero-order chi connectivity index (χ0) is 13.8. The highest BCUT2D eigenvalue weighted by Gasteiger charge is 2.27. The molecule has 1 N–H and O–H groups in total. The average Bonchev–Trinajstić information content (AvgIpc) is 3.05. The first-order valence-electron chi connectivity index (χ1n) is 7.39. The molecule has 0 saturated heterocycles. The van der Waals surface area contributed by atoms with Gasteiger partial charge in [0.1, 0.15) is 0 Å². The number of nitrogens with one attached hydrogen (secondary N) is 1. The highest BCUT2D eigenvalue weighted by Crippen LogP contribution is 2.29. The lowest BCUT2D eigenvalue weighted by Gasteiger charge is -2.28. The van der Waals surface area contributed by atoms with Crippen molar-refractivity contribution in [2.75, 3.05) is 18.5 Å². The number of hydrogen-bond donors (Lipinski definition) is 1. The highest BCUT2D eigenvalue weighted by atomic mass is 16.4. The monoisotopic (exact) mass is 266 g/mol. The van der Waals surface area contributed by atoms with Crippen LogP contribution in [-0.4, -0.2) is 29.8 Å². The quantitative estimate of drug-likeness (QED) is 0.858. The fourth-order valence-corrected chi connectivity index (χ4v) is 2.63. The van der Waals surface area contributed by atoms with Crippen molar-refractivity contribution in [3.8, 4) is 0 Å². The maximum atomic E-state index is 5.85. The Bertz CT molecular complexity index is 385. The summed E-state index contributed by atoms with van der Waals surface area (Å²) in [5, 5.41) is 11.5. The van der Waals surface area contributed by atoms with Gasteiger partial charge in [0.15, 0.2) is 0 Å². The fourth-order valence-electron chi connectivity index (χ4n) is 2.63. The Morgan fingerprint density at radius 2 is 1.95 bits per heavy atom. The molecular weight excluding hydrogens is 240 g/mol. The van der Waals surface area contributed by atoms with Crippen LogP contribution in [0.2, 0.25) is 0 Å². The second-order valence-electron chi connectivity index (χ2n) is 5.92. The SMILES string of the molecule is CNC(C)c1nnc(N(CC(C)C)C2CCCC2)o1. The molecule has 1 aliphatic rings. The normalized spacial score (nSPS) is 18.2. The number of anilines is 1. The van der Waals surface area contributed by atoms with Crippen molar-refractivity contribution in [2.45, 2.75) is 58.5 Å². The molecule has 1 atom stereocenters. The zero-order valence-corrected chi connectivity index (χ0v) is 12.5. The van der Waals surface area contributed by atoms with Gasteiger partial charge in [-0.25, -0.2) is 0 Å².